The van der Waals surface area contributed by atoms with E-state index < -0.39 is 5.97 Å². The second-order valence-corrected chi connectivity index (χ2v) is 7.37. The van der Waals surface area contributed by atoms with Crippen LogP contribution in [0, 0.1) is 0 Å². The van der Waals surface area contributed by atoms with Gasteiger partial charge in [-0.2, -0.15) is 0 Å². The average molecular weight is 406 g/mol. The number of halogens is 1. The summed E-state index contributed by atoms with van der Waals surface area (Å²) >= 11 is 6.18. The molecule has 0 aliphatic heterocycles. The number of aliphatic carboxylic acids is 1. The van der Waals surface area contributed by atoms with Gasteiger partial charge in [0.25, 0.3) is 0 Å². The minimum absolute atomic E-state index is 0.0262. The van der Waals surface area contributed by atoms with Gasteiger partial charge in [0, 0.05) is 28.0 Å². The first kappa shape index (κ1) is 19.1. The number of nitrogens with one attached hydrogen (secondary N) is 1. The van der Waals surface area contributed by atoms with Gasteiger partial charge < -0.3 is 14.8 Å². The highest BCUT2D eigenvalue weighted by molar-refractivity contribution is 6.31. The quantitative estimate of drug-likeness (QED) is 0.396. The fourth-order valence-electron chi connectivity index (χ4n) is 3.55. The predicted molar refractivity (Wildman–Crippen MR) is 115 cm³/mol. The number of fused-ring (bicyclic) bond motifs is 1. The Bertz CT molecular complexity index is 1140. The molecule has 0 saturated carbocycles. The third-order valence-electron chi connectivity index (χ3n) is 4.94. The zero-order valence-corrected chi connectivity index (χ0v) is 16.4. The van der Waals surface area contributed by atoms with Crippen molar-refractivity contribution >= 4 is 28.5 Å². The first-order valence-corrected chi connectivity index (χ1v) is 9.73. The third kappa shape index (κ3) is 4.44. The highest BCUT2D eigenvalue weighted by Gasteiger charge is 2.22. The van der Waals surface area contributed by atoms with Crippen molar-refractivity contribution in [3.05, 3.63) is 101 Å². The Kier molecular flexibility index (Phi) is 5.54. The van der Waals surface area contributed by atoms with Gasteiger partial charge in [0.1, 0.15) is 12.4 Å². The third-order valence-corrected chi connectivity index (χ3v) is 5.17. The lowest BCUT2D eigenvalue weighted by molar-refractivity contribution is -0.137. The van der Waals surface area contributed by atoms with E-state index in [9.17, 15) is 9.90 Å². The second-order valence-electron chi connectivity index (χ2n) is 6.93. The number of aromatic amines is 1. The summed E-state index contributed by atoms with van der Waals surface area (Å²) in [4.78, 5) is 14.8. The maximum absolute atomic E-state index is 11.6. The molecule has 2 N–H and O–H groups in total. The molecule has 1 atom stereocenters. The molecular weight excluding hydrogens is 386 g/mol. The standard InChI is InChI=1S/C24H20ClNO3/c25-18-9-10-23-21(12-18)22(14-26-23)20(13-24(27)28)17-7-4-8-19(11-17)29-15-16-5-2-1-3-6-16/h1-12,14,20,26H,13,15H2,(H,27,28)/t20-/m1/s1. The highest BCUT2D eigenvalue weighted by Crippen LogP contribution is 2.35. The van der Waals surface area contributed by atoms with Gasteiger partial charge in [0.05, 0.1) is 6.42 Å². The summed E-state index contributed by atoms with van der Waals surface area (Å²) in [5.74, 6) is -0.471. The summed E-state index contributed by atoms with van der Waals surface area (Å²) in [6.07, 6.45) is 1.84. The van der Waals surface area contributed by atoms with Crippen LogP contribution in [0.2, 0.25) is 5.02 Å². The summed E-state index contributed by atoms with van der Waals surface area (Å²) in [6, 6.07) is 23.1. The van der Waals surface area contributed by atoms with Gasteiger partial charge in [-0.3, -0.25) is 4.79 Å². The Balaban J connectivity index is 1.66. The first-order chi connectivity index (χ1) is 14.1. The number of aromatic nitrogens is 1. The lowest BCUT2D eigenvalue weighted by Crippen LogP contribution is -2.08. The average Bonchev–Trinajstić information content (AvgIpc) is 3.14. The van der Waals surface area contributed by atoms with Crippen molar-refractivity contribution in [1.82, 2.24) is 4.98 Å². The summed E-state index contributed by atoms with van der Waals surface area (Å²) < 4.78 is 5.94. The summed E-state index contributed by atoms with van der Waals surface area (Å²) in [7, 11) is 0. The van der Waals surface area contributed by atoms with Crippen LogP contribution in [-0.4, -0.2) is 16.1 Å². The molecule has 0 saturated heterocycles. The minimum atomic E-state index is -0.859. The molecule has 0 spiro atoms. The molecule has 146 valence electrons. The van der Waals surface area contributed by atoms with E-state index in [1.165, 1.54) is 0 Å². The molecular formula is C24H20ClNO3. The topological polar surface area (TPSA) is 62.3 Å². The number of carboxylic acid groups (broad SMARTS) is 1. The highest BCUT2D eigenvalue weighted by atomic mass is 35.5. The molecule has 4 aromatic rings. The Hall–Kier alpha value is -3.24. The van der Waals surface area contributed by atoms with Crippen LogP contribution in [-0.2, 0) is 11.4 Å². The van der Waals surface area contributed by atoms with Crippen molar-refractivity contribution in [3.8, 4) is 5.75 Å². The van der Waals surface area contributed by atoms with Crippen molar-refractivity contribution < 1.29 is 14.6 Å². The molecule has 1 aromatic heterocycles. The molecule has 0 unspecified atom stereocenters. The van der Waals surface area contributed by atoms with Gasteiger partial charge in [0.2, 0.25) is 0 Å². The van der Waals surface area contributed by atoms with Crippen LogP contribution in [0.25, 0.3) is 10.9 Å². The number of ether oxygens (including phenoxy) is 1. The Morgan fingerprint density at radius 1 is 1.03 bits per heavy atom. The van der Waals surface area contributed by atoms with Crippen molar-refractivity contribution in [2.24, 2.45) is 0 Å². The molecule has 4 nitrogen and oxygen atoms in total. The molecule has 0 radical (unpaired) electrons. The Labute approximate surface area is 173 Å². The SMILES string of the molecule is O=C(O)C[C@H](c1cccc(OCc2ccccc2)c1)c1c[nH]c2ccc(Cl)cc12. The van der Waals surface area contributed by atoms with E-state index in [0.29, 0.717) is 17.4 Å². The number of H-pyrrole nitrogens is 1. The van der Waals surface area contributed by atoms with Crippen LogP contribution < -0.4 is 4.74 Å². The Morgan fingerprint density at radius 3 is 2.66 bits per heavy atom. The molecule has 3 aromatic carbocycles. The molecule has 0 amide bonds. The van der Waals surface area contributed by atoms with Crippen LogP contribution in [0.3, 0.4) is 0 Å². The smallest absolute Gasteiger partial charge is 0.304 e. The first-order valence-electron chi connectivity index (χ1n) is 9.35. The van der Waals surface area contributed by atoms with Gasteiger partial charge in [0.15, 0.2) is 0 Å². The summed E-state index contributed by atoms with van der Waals surface area (Å²) in [5, 5.41) is 11.1. The van der Waals surface area contributed by atoms with Crippen LogP contribution in [0.1, 0.15) is 29.0 Å². The van der Waals surface area contributed by atoms with E-state index in [1.54, 1.807) is 0 Å². The lowest BCUT2D eigenvalue weighted by Gasteiger charge is -2.17. The minimum Gasteiger partial charge on any atom is -0.489 e. The van der Waals surface area contributed by atoms with Gasteiger partial charge >= 0.3 is 5.97 Å². The molecule has 1 heterocycles. The van der Waals surface area contributed by atoms with Gasteiger partial charge in [-0.05, 0) is 47.0 Å². The van der Waals surface area contributed by atoms with E-state index in [1.807, 2.05) is 79.0 Å². The van der Waals surface area contributed by atoms with Gasteiger partial charge in [-0.15, -0.1) is 0 Å². The predicted octanol–water partition coefficient (Wildman–Crippen LogP) is 6.01. The zero-order valence-electron chi connectivity index (χ0n) is 15.6. The monoisotopic (exact) mass is 405 g/mol. The van der Waals surface area contributed by atoms with Crippen LogP contribution >= 0.6 is 11.6 Å². The van der Waals surface area contributed by atoms with E-state index in [0.717, 1.165) is 27.6 Å². The van der Waals surface area contributed by atoms with E-state index in [2.05, 4.69) is 4.98 Å². The summed E-state index contributed by atoms with van der Waals surface area (Å²) in [6.45, 7) is 0.455. The molecule has 0 bridgehead atoms. The number of hydrogen-bond donors (Lipinski definition) is 2. The molecule has 4 rings (SSSR count). The molecule has 0 aliphatic carbocycles. The zero-order chi connectivity index (χ0) is 20.2. The van der Waals surface area contributed by atoms with Crippen molar-refractivity contribution in [3.63, 3.8) is 0 Å². The largest absolute Gasteiger partial charge is 0.489 e. The maximum Gasteiger partial charge on any atom is 0.304 e. The van der Waals surface area contributed by atoms with E-state index in [-0.39, 0.29) is 12.3 Å². The molecule has 0 aliphatic rings. The lowest BCUT2D eigenvalue weighted by atomic mass is 9.88. The fourth-order valence-corrected chi connectivity index (χ4v) is 3.72. The van der Waals surface area contributed by atoms with Crippen molar-refractivity contribution in [2.45, 2.75) is 18.9 Å². The Morgan fingerprint density at radius 2 is 1.86 bits per heavy atom. The maximum atomic E-state index is 11.6. The van der Waals surface area contributed by atoms with Crippen LogP contribution in [0.4, 0.5) is 0 Å². The van der Waals surface area contributed by atoms with Gasteiger partial charge in [-0.25, -0.2) is 0 Å². The molecule has 0 fully saturated rings. The van der Waals surface area contributed by atoms with Crippen molar-refractivity contribution in [2.75, 3.05) is 0 Å². The van der Waals surface area contributed by atoms with Crippen LogP contribution in [0.5, 0.6) is 5.75 Å². The van der Waals surface area contributed by atoms with E-state index >= 15 is 0 Å². The van der Waals surface area contributed by atoms with Crippen molar-refractivity contribution in [1.29, 1.82) is 0 Å². The molecule has 5 heteroatoms. The second kappa shape index (κ2) is 8.41. The molecule has 29 heavy (non-hydrogen) atoms. The normalized spacial score (nSPS) is 12.0. The van der Waals surface area contributed by atoms with Gasteiger partial charge in [-0.1, -0.05) is 54.1 Å². The van der Waals surface area contributed by atoms with Crippen LogP contribution in [0.15, 0.2) is 79.0 Å². The fraction of sp³-hybridized carbons (Fsp3) is 0.125. The number of carbonyl (C=O) groups is 1. The number of rotatable bonds is 7. The van der Waals surface area contributed by atoms with E-state index in [4.69, 9.17) is 16.3 Å². The number of hydrogen-bond acceptors (Lipinski definition) is 2. The number of carboxylic acids is 1. The number of benzene rings is 3. The summed E-state index contributed by atoms with van der Waals surface area (Å²) in [5.41, 5.74) is 3.80.